The van der Waals surface area contributed by atoms with Gasteiger partial charge in [0.25, 0.3) is 0 Å². The average molecular weight is 517 g/mol. The Labute approximate surface area is 228 Å². The molecule has 38 heavy (non-hydrogen) atoms. The minimum atomic E-state index is -0.0829. The summed E-state index contributed by atoms with van der Waals surface area (Å²) in [5.74, 6) is 1.44. The van der Waals surface area contributed by atoms with Gasteiger partial charge in [0.05, 0.1) is 11.9 Å². The summed E-state index contributed by atoms with van der Waals surface area (Å²) in [7, 11) is 0. The van der Waals surface area contributed by atoms with Gasteiger partial charge in [-0.1, -0.05) is 64.5 Å². The molecule has 1 aliphatic carbocycles. The maximum atomic E-state index is 6.58. The Bertz CT molecular complexity index is 1160. The second-order valence-corrected chi connectivity index (χ2v) is 10.4. The molecule has 3 atom stereocenters. The molecule has 0 aromatic carbocycles. The van der Waals surface area contributed by atoms with E-state index in [1.165, 1.54) is 25.7 Å². The SMILES string of the molecule is C=C(NCC(CC)CCCC)C1=CC(CC2=C(Nc3cnc4c(c3C)NCCO4)C=CNC2=C)C(N)C=C1. The van der Waals surface area contributed by atoms with E-state index < -0.39 is 0 Å². The summed E-state index contributed by atoms with van der Waals surface area (Å²) < 4.78 is 5.69. The molecule has 7 heteroatoms. The molecule has 3 aliphatic rings. The van der Waals surface area contributed by atoms with Crippen LogP contribution in [-0.2, 0) is 0 Å². The predicted octanol–water partition coefficient (Wildman–Crippen LogP) is 5.64. The molecule has 3 heterocycles. The van der Waals surface area contributed by atoms with Crippen molar-refractivity contribution in [1.82, 2.24) is 15.6 Å². The first-order valence-electron chi connectivity index (χ1n) is 14.0. The number of nitrogens with two attached hydrogens (primary N) is 1. The van der Waals surface area contributed by atoms with Gasteiger partial charge >= 0.3 is 0 Å². The minimum absolute atomic E-state index is 0.0829. The van der Waals surface area contributed by atoms with Crippen molar-refractivity contribution in [3.63, 3.8) is 0 Å². The van der Waals surface area contributed by atoms with E-state index >= 15 is 0 Å². The molecular weight excluding hydrogens is 472 g/mol. The van der Waals surface area contributed by atoms with Crippen molar-refractivity contribution in [3.05, 3.63) is 83.7 Å². The summed E-state index contributed by atoms with van der Waals surface area (Å²) in [4.78, 5) is 4.51. The summed E-state index contributed by atoms with van der Waals surface area (Å²) in [6.45, 7) is 17.6. The van der Waals surface area contributed by atoms with Crippen molar-refractivity contribution in [1.29, 1.82) is 0 Å². The molecule has 0 amide bonds. The second-order valence-electron chi connectivity index (χ2n) is 10.4. The zero-order valence-electron chi connectivity index (χ0n) is 23.2. The fraction of sp³-hybridized carbons (Fsp3) is 0.452. The Morgan fingerprint density at radius 1 is 1.32 bits per heavy atom. The number of dihydropyridines is 1. The molecule has 0 saturated carbocycles. The fourth-order valence-electron chi connectivity index (χ4n) is 5.12. The Kier molecular flexibility index (Phi) is 9.34. The highest BCUT2D eigenvalue weighted by molar-refractivity contribution is 5.71. The number of rotatable bonds is 12. The number of nitrogens with one attached hydrogen (secondary N) is 4. The smallest absolute Gasteiger partial charge is 0.237 e. The van der Waals surface area contributed by atoms with E-state index in [0.29, 0.717) is 18.4 Å². The van der Waals surface area contributed by atoms with Crippen LogP contribution in [0, 0.1) is 18.8 Å². The van der Waals surface area contributed by atoms with Crippen LogP contribution in [0.5, 0.6) is 5.88 Å². The van der Waals surface area contributed by atoms with Gasteiger partial charge < -0.3 is 31.7 Å². The molecule has 1 aromatic rings. The molecule has 4 rings (SSSR count). The third-order valence-corrected chi connectivity index (χ3v) is 7.73. The van der Waals surface area contributed by atoms with Gasteiger partial charge in [0.1, 0.15) is 12.3 Å². The average Bonchev–Trinajstić information content (AvgIpc) is 2.93. The number of hydrogen-bond donors (Lipinski definition) is 5. The quantitative estimate of drug-likeness (QED) is 0.245. The highest BCUT2D eigenvalue weighted by Gasteiger charge is 2.24. The molecule has 3 unspecified atom stereocenters. The summed E-state index contributed by atoms with van der Waals surface area (Å²) >= 11 is 0. The Hall–Kier alpha value is -3.45. The van der Waals surface area contributed by atoms with Crippen LogP contribution >= 0.6 is 0 Å². The zero-order valence-corrected chi connectivity index (χ0v) is 23.2. The third kappa shape index (κ3) is 6.51. The molecule has 7 nitrogen and oxygen atoms in total. The van der Waals surface area contributed by atoms with E-state index in [1.807, 2.05) is 18.5 Å². The largest absolute Gasteiger partial charge is 0.474 e. The van der Waals surface area contributed by atoms with Crippen LogP contribution in [-0.4, -0.2) is 30.7 Å². The molecule has 0 fully saturated rings. The van der Waals surface area contributed by atoms with E-state index in [0.717, 1.165) is 64.7 Å². The summed E-state index contributed by atoms with van der Waals surface area (Å²) in [5.41, 5.74) is 14.6. The number of ether oxygens (including phenoxy) is 1. The van der Waals surface area contributed by atoms with E-state index in [-0.39, 0.29) is 12.0 Å². The number of allylic oxidation sites excluding steroid dienone is 3. The number of aromatic nitrogens is 1. The molecular formula is C31H44N6O. The van der Waals surface area contributed by atoms with E-state index in [2.05, 4.69) is 78.4 Å². The normalized spacial score (nSPS) is 21.1. The van der Waals surface area contributed by atoms with Gasteiger partial charge in [0, 0.05) is 53.9 Å². The lowest BCUT2D eigenvalue weighted by atomic mass is 9.84. The van der Waals surface area contributed by atoms with Crippen LogP contribution in [0.1, 0.15) is 51.5 Å². The van der Waals surface area contributed by atoms with Crippen LogP contribution < -0.4 is 31.7 Å². The number of pyridine rings is 1. The van der Waals surface area contributed by atoms with Crippen molar-refractivity contribution < 1.29 is 4.74 Å². The highest BCUT2D eigenvalue weighted by Crippen LogP contribution is 2.35. The number of hydrogen-bond acceptors (Lipinski definition) is 7. The van der Waals surface area contributed by atoms with Crippen LogP contribution in [0.15, 0.2) is 78.1 Å². The van der Waals surface area contributed by atoms with Crippen molar-refractivity contribution in [3.8, 4) is 5.88 Å². The van der Waals surface area contributed by atoms with Crippen LogP contribution in [0.25, 0.3) is 0 Å². The Balaban J connectivity index is 1.50. The lowest BCUT2D eigenvalue weighted by molar-refractivity contribution is 0.310. The molecule has 1 aromatic heterocycles. The monoisotopic (exact) mass is 516 g/mol. The summed E-state index contributed by atoms with van der Waals surface area (Å²) in [6.07, 6.45) is 17.9. The lowest BCUT2D eigenvalue weighted by Crippen LogP contribution is -2.31. The highest BCUT2D eigenvalue weighted by atomic mass is 16.5. The lowest BCUT2D eigenvalue weighted by Gasteiger charge is -2.29. The van der Waals surface area contributed by atoms with Gasteiger partial charge in [0.2, 0.25) is 5.88 Å². The van der Waals surface area contributed by atoms with Crippen molar-refractivity contribution in [2.24, 2.45) is 17.6 Å². The minimum Gasteiger partial charge on any atom is -0.474 e. The zero-order chi connectivity index (χ0) is 27.1. The van der Waals surface area contributed by atoms with Gasteiger partial charge in [-0.05, 0) is 42.9 Å². The van der Waals surface area contributed by atoms with E-state index in [4.69, 9.17) is 10.5 Å². The van der Waals surface area contributed by atoms with E-state index in [1.54, 1.807) is 0 Å². The van der Waals surface area contributed by atoms with Crippen LogP contribution in [0.4, 0.5) is 11.4 Å². The van der Waals surface area contributed by atoms with Gasteiger partial charge in [-0.3, -0.25) is 0 Å². The molecule has 2 aliphatic heterocycles. The maximum absolute atomic E-state index is 6.58. The summed E-state index contributed by atoms with van der Waals surface area (Å²) in [6, 6.07) is -0.0829. The Morgan fingerprint density at radius 3 is 2.95 bits per heavy atom. The van der Waals surface area contributed by atoms with Crippen LogP contribution in [0.2, 0.25) is 0 Å². The van der Waals surface area contributed by atoms with Crippen molar-refractivity contribution >= 4 is 11.4 Å². The van der Waals surface area contributed by atoms with Gasteiger partial charge in [-0.2, -0.15) is 0 Å². The van der Waals surface area contributed by atoms with E-state index in [9.17, 15) is 0 Å². The predicted molar refractivity (Wildman–Crippen MR) is 159 cm³/mol. The Morgan fingerprint density at radius 2 is 2.16 bits per heavy atom. The molecule has 0 spiro atoms. The third-order valence-electron chi connectivity index (χ3n) is 7.73. The second kappa shape index (κ2) is 12.9. The topological polar surface area (TPSA) is 96.3 Å². The molecule has 0 radical (unpaired) electrons. The number of nitrogens with zero attached hydrogens (tertiary/aromatic N) is 1. The maximum Gasteiger partial charge on any atom is 0.237 e. The van der Waals surface area contributed by atoms with Gasteiger partial charge in [0.15, 0.2) is 0 Å². The molecule has 0 saturated heterocycles. The van der Waals surface area contributed by atoms with Gasteiger partial charge in [-0.15, -0.1) is 0 Å². The van der Waals surface area contributed by atoms with Crippen molar-refractivity contribution in [2.45, 2.75) is 58.9 Å². The first kappa shape index (κ1) is 27.6. The van der Waals surface area contributed by atoms with Gasteiger partial charge in [-0.25, -0.2) is 4.98 Å². The molecule has 204 valence electrons. The van der Waals surface area contributed by atoms with Crippen molar-refractivity contribution in [2.75, 3.05) is 30.3 Å². The first-order chi connectivity index (χ1) is 18.4. The number of fused-ring (bicyclic) bond motifs is 1. The summed E-state index contributed by atoms with van der Waals surface area (Å²) in [5, 5.41) is 13.9. The molecule has 6 N–H and O–H groups in total. The number of unbranched alkanes of at least 4 members (excludes halogenated alkanes) is 1. The first-order valence-corrected chi connectivity index (χ1v) is 14.0. The number of anilines is 2. The fourth-order valence-corrected chi connectivity index (χ4v) is 5.12. The molecule has 0 bridgehead atoms. The standard InChI is InChI=1S/C31H44N6O/c1-6-8-9-23(7-2)18-35-21(4)24-10-11-27(32)25(16-24)17-26-22(5)33-13-12-28(26)37-29-19-36-31-30(20(29)3)34-14-15-38-31/h10-13,16,19,23,25,27,33-35,37H,4-9,14-15,17-18,32H2,1-3H3. The van der Waals surface area contributed by atoms with Crippen LogP contribution in [0.3, 0.4) is 0 Å².